The van der Waals surface area contributed by atoms with E-state index in [1.54, 1.807) is 12.1 Å². The first-order valence-electron chi connectivity index (χ1n) is 9.86. The van der Waals surface area contributed by atoms with Crippen molar-refractivity contribution in [1.29, 1.82) is 0 Å². The van der Waals surface area contributed by atoms with Gasteiger partial charge >= 0.3 is 0 Å². The lowest BCUT2D eigenvalue weighted by molar-refractivity contribution is -0.384. The minimum atomic E-state index is -0.398. The Morgan fingerprint density at radius 2 is 1.58 bits per heavy atom. The van der Waals surface area contributed by atoms with Gasteiger partial charge in [-0.15, -0.1) is 11.3 Å². The maximum Gasteiger partial charge on any atom is 0.269 e. The zero-order valence-corrected chi connectivity index (χ0v) is 17.3. The molecule has 2 heterocycles. The van der Waals surface area contributed by atoms with Gasteiger partial charge in [0.2, 0.25) is 5.13 Å². The summed E-state index contributed by atoms with van der Waals surface area (Å²) in [6.45, 7) is 0. The second kappa shape index (κ2) is 8.12. The van der Waals surface area contributed by atoms with Gasteiger partial charge in [0.15, 0.2) is 0 Å². The number of nitrogens with zero attached hydrogens (tertiary/aromatic N) is 4. The van der Waals surface area contributed by atoms with Crippen molar-refractivity contribution in [3.05, 3.63) is 112 Å². The average Bonchev–Trinajstić information content (AvgIpc) is 3.48. The number of benzene rings is 3. The molecule has 1 atom stereocenters. The second-order valence-electron chi connectivity index (χ2n) is 7.21. The SMILES string of the molecule is O=[N+]([O-])c1ccc(-c2csc(N3N=C(c4ccccc4)CC3c3ccccc3)n2)cc1. The lowest BCUT2D eigenvalue weighted by Gasteiger charge is -2.21. The van der Waals surface area contributed by atoms with Crippen molar-refractivity contribution < 1.29 is 4.92 Å². The summed E-state index contributed by atoms with van der Waals surface area (Å²) in [6.07, 6.45) is 0.792. The molecule has 1 aliphatic heterocycles. The maximum atomic E-state index is 10.9. The number of rotatable bonds is 5. The van der Waals surface area contributed by atoms with E-state index in [0.717, 1.165) is 34.1 Å². The van der Waals surface area contributed by atoms with Crippen LogP contribution in [0.15, 0.2) is 95.4 Å². The number of anilines is 1. The molecule has 7 heteroatoms. The second-order valence-corrected chi connectivity index (χ2v) is 8.04. The van der Waals surface area contributed by atoms with Crippen molar-refractivity contribution >= 4 is 27.9 Å². The van der Waals surface area contributed by atoms with Crippen molar-refractivity contribution in [3.63, 3.8) is 0 Å². The first kappa shape index (κ1) is 19.1. The van der Waals surface area contributed by atoms with E-state index in [1.165, 1.54) is 29.0 Å². The molecular weight excluding hydrogens is 408 g/mol. The number of hydrazone groups is 1. The number of hydrogen-bond acceptors (Lipinski definition) is 6. The molecule has 5 rings (SSSR count). The fourth-order valence-corrected chi connectivity index (χ4v) is 4.52. The minimum absolute atomic E-state index is 0.0623. The highest BCUT2D eigenvalue weighted by molar-refractivity contribution is 7.14. The molecule has 0 spiro atoms. The van der Waals surface area contributed by atoms with Crippen molar-refractivity contribution in [2.75, 3.05) is 5.01 Å². The van der Waals surface area contributed by atoms with Crippen molar-refractivity contribution in [3.8, 4) is 11.3 Å². The molecule has 0 saturated carbocycles. The predicted molar refractivity (Wildman–Crippen MR) is 123 cm³/mol. The highest BCUT2D eigenvalue weighted by Crippen LogP contribution is 2.39. The van der Waals surface area contributed by atoms with Crippen LogP contribution >= 0.6 is 11.3 Å². The smallest absolute Gasteiger partial charge is 0.258 e. The molecule has 0 saturated heterocycles. The number of non-ortho nitro benzene ring substituents is 1. The van der Waals surface area contributed by atoms with Crippen LogP contribution in [0.1, 0.15) is 23.6 Å². The Bertz CT molecular complexity index is 1240. The number of nitro groups is 1. The lowest BCUT2D eigenvalue weighted by atomic mass is 9.99. The van der Waals surface area contributed by atoms with Crippen LogP contribution in [0, 0.1) is 10.1 Å². The van der Waals surface area contributed by atoms with Gasteiger partial charge in [0.05, 0.1) is 22.4 Å². The van der Waals surface area contributed by atoms with E-state index in [9.17, 15) is 10.1 Å². The van der Waals surface area contributed by atoms with Crippen molar-refractivity contribution in [2.45, 2.75) is 12.5 Å². The standard InChI is InChI=1S/C24H18N4O2S/c29-28(30)20-13-11-18(12-14-20)22-16-31-24(25-22)27-23(19-9-5-2-6-10-19)15-21(26-27)17-7-3-1-4-8-17/h1-14,16,23H,15H2. The molecule has 31 heavy (non-hydrogen) atoms. The van der Waals surface area contributed by atoms with E-state index >= 15 is 0 Å². The van der Waals surface area contributed by atoms with Gasteiger partial charge in [0.1, 0.15) is 0 Å². The van der Waals surface area contributed by atoms with Gasteiger partial charge in [-0.05, 0) is 23.3 Å². The zero-order chi connectivity index (χ0) is 21.2. The molecule has 1 aliphatic rings. The molecule has 152 valence electrons. The van der Waals surface area contributed by atoms with Gasteiger partial charge in [-0.25, -0.2) is 9.99 Å². The summed E-state index contributed by atoms with van der Waals surface area (Å²) in [5.41, 5.74) is 5.02. The van der Waals surface area contributed by atoms with Crippen LogP contribution < -0.4 is 5.01 Å². The molecule has 0 bridgehead atoms. The van der Waals surface area contributed by atoms with Crippen LogP contribution in [0.5, 0.6) is 0 Å². The van der Waals surface area contributed by atoms with Crippen LogP contribution in [-0.4, -0.2) is 15.6 Å². The van der Waals surface area contributed by atoms with Gasteiger partial charge in [-0.2, -0.15) is 5.10 Å². The third-order valence-corrected chi connectivity index (χ3v) is 6.09. The Labute approximate surface area is 183 Å². The summed E-state index contributed by atoms with van der Waals surface area (Å²) in [5.74, 6) is 0. The summed E-state index contributed by atoms with van der Waals surface area (Å²) in [6, 6.07) is 27.1. The first-order chi connectivity index (χ1) is 15.2. The Kier molecular flexibility index (Phi) is 5.01. The molecule has 0 radical (unpaired) electrons. The van der Waals surface area contributed by atoms with Crippen LogP contribution in [0.25, 0.3) is 11.3 Å². The van der Waals surface area contributed by atoms with Crippen LogP contribution in [0.4, 0.5) is 10.8 Å². The van der Waals surface area contributed by atoms with Crippen molar-refractivity contribution in [1.82, 2.24) is 4.98 Å². The highest BCUT2D eigenvalue weighted by atomic mass is 32.1. The Morgan fingerprint density at radius 3 is 2.26 bits per heavy atom. The summed E-state index contributed by atoms with van der Waals surface area (Å²) in [7, 11) is 0. The quantitative estimate of drug-likeness (QED) is 0.287. The average molecular weight is 427 g/mol. The molecule has 0 fully saturated rings. The zero-order valence-electron chi connectivity index (χ0n) is 16.5. The highest BCUT2D eigenvalue weighted by Gasteiger charge is 2.31. The van der Waals surface area contributed by atoms with Gasteiger partial charge in [0.25, 0.3) is 5.69 Å². The Hall–Kier alpha value is -3.84. The van der Waals surface area contributed by atoms with Crippen molar-refractivity contribution in [2.24, 2.45) is 5.10 Å². The number of aromatic nitrogens is 1. The van der Waals surface area contributed by atoms with Gasteiger partial charge in [-0.1, -0.05) is 60.7 Å². The Balaban J connectivity index is 1.50. The summed E-state index contributed by atoms with van der Waals surface area (Å²) in [5, 5.41) is 20.6. The summed E-state index contributed by atoms with van der Waals surface area (Å²) >= 11 is 1.52. The molecule has 3 aromatic carbocycles. The molecule has 0 aliphatic carbocycles. The number of hydrogen-bond donors (Lipinski definition) is 0. The molecule has 4 aromatic rings. The fraction of sp³-hybridized carbons (Fsp3) is 0.0833. The van der Waals surface area contributed by atoms with Crippen LogP contribution in [-0.2, 0) is 0 Å². The van der Waals surface area contributed by atoms with E-state index in [1.807, 2.05) is 46.8 Å². The van der Waals surface area contributed by atoms with E-state index in [-0.39, 0.29) is 11.7 Å². The normalized spacial score (nSPS) is 15.7. The molecule has 1 aromatic heterocycles. The van der Waals surface area contributed by atoms with E-state index in [0.29, 0.717) is 0 Å². The van der Waals surface area contributed by atoms with Crippen LogP contribution in [0.2, 0.25) is 0 Å². The molecule has 0 amide bonds. The van der Waals surface area contributed by atoms with Crippen LogP contribution in [0.3, 0.4) is 0 Å². The predicted octanol–water partition coefficient (Wildman–Crippen LogP) is 6.07. The lowest BCUT2D eigenvalue weighted by Crippen LogP contribution is -2.18. The maximum absolute atomic E-state index is 10.9. The topological polar surface area (TPSA) is 71.6 Å². The first-order valence-corrected chi connectivity index (χ1v) is 10.7. The third kappa shape index (κ3) is 3.83. The number of nitro benzene ring substituents is 1. The minimum Gasteiger partial charge on any atom is -0.258 e. The third-order valence-electron chi connectivity index (χ3n) is 5.26. The summed E-state index contributed by atoms with van der Waals surface area (Å²) < 4.78 is 0. The molecule has 6 nitrogen and oxygen atoms in total. The van der Waals surface area contributed by atoms with Gasteiger partial charge in [0, 0.05) is 29.5 Å². The monoisotopic (exact) mass is 426 g/mol. The van der Waals surface area contributed by atoms with E-state index in [4.69, 9.17) is 10.1 Å². The molecule has 0 N–H and O–H groups in total. The van der Waals surface area contributed by atoms with E-state index in [2.05, 4.69) is 24.3 Å². The van der Waals surface area contributed by atoms with E-state index < -0.39 is 4.92 Å². The number of thiazole rings is 1. The van der Waals surface area contributed by atoms with Gasteiger partial charge in [-0.3, -0.25) is 10.1 Å². The summed E-state index contributed by atoms with van der Waals surface area (Å²) in [4.78, 5) is 15.3. The van der Waals surface area contributed by atoms with Gasteiger partial charge < -0.3 is 0 Å². The molecular formula is C24H18N4O2S. The fourth-order valence-electron chi connectivity index (χ4n) is 3.68. The Morgan fingerprint density at radius 1 is 0.903 bits per heavy atom. The largest absolute Gasteiger partial charge is 0.269 e. The molecule has 1 unspecified atom stereocenters.